The van der Waals surface area contributed by atoms with Crippen molar-refractivity contribution in [1.82, 2.24) is 9.55 Å². The number of nitrogen functional groups attached to an aromatic ring is 1. The molecule has 0 fully saturated rings. The van der Waals surface area contributed by atoms with Gasteiger partial charge in [-0.25, -0.2) is 9.78 Å². The van der Waals surface area contributed by atoms with Gasteiger partial charge in [-0.1, -0.05) is 0 Å². The van der Waals surface area contributed by atoms with E-state index in [1.165, 1.54) is 7.11 Å². The summed E-state index contributed by atoms with van der Waals surface area (Å²) in [4.78, 5) is 15.5. The highest BCUT2D eigenvalue weighted by atomic mass is 32.2. The maximum atomic E-state index is 11.4. The number of aromatic nitrogens is 2. The summed E-state index contributed by atoms with van der Waals surface area (Å²) in [7, 11) is 0.342. The maximum Gasteiger partial charge on any atom is 0.360 e. The third-order valence-corrected chi connectivity index (χ3v) is 3.37. The Morgan fingerprint density at radius 1 is 1.65 bits per heavy atom. The summed E-state index contributed by atoms with van der Waals surface area (Å²) in [5, 5.41) is 0. The van der Waals surface area contributed by atoms with Gasteiger partial charge in [0.05, 0.1) is 7.11 Å². The number of aryl methyl sites for hydroxylation is 1. The number of nitrogens with zero attached hydrogens (tertiary/aromatic N) is 2. The molecule has 1 heterocycles. The van der Waals surface area contributed by atoms with Crippen LogP contribution in [0.15, 0.2) is 0 Å². The van der Waals surface area contributed by atoms with E-state index in [1.807, 2.05) is 6.92 Å². The first-order chi connectivity index (χ1) is 7.88. The zero-order valence-corrected chi connectivity index (χ0v) is 11.2. The van der Waals surface area contributed by atoms with Crippen LogP contribution in [0.5, 0.6) is 0 Å². The summed E-state index contributed by atoms with van der Waals surface area (Å²) in [6.07, 6.45) is 1.63. The van der Waals surface area contributed by atoms with Crippen LogP contribution in [0.1, 0.15) is 29.3 Å². The fraction of sp³-hybridized carbons (Fsp3) is 0.600. The Morgan fingerprint density at radius 2 is 2.24 bits per heavy atom. The standard InChI is InChI=1S/C10H17N3O3S/c1-6(5-17(4)15)13-7(2)12-8(9(13)11)10(14)16-3/h6H,5,11H2,1-4H3. The number of imidazole rings is 1. The minimum Gasteiger partial charge on any atom is -0.464 e. The maximum absolute atomic E-state index is 11.4. The van der Waals surface area contributed by atoms with Crippen molar-refractivity contribution < 1.29 is 13.7 Å². The third-order valence-electron chi connectivity index (χ3n) is 2.42. The first kappa shape index (κ1) is 13.7. The fourth-order valence-corrected chi connectivity index (χ4v) is 2.61. The van der Waals surface area contributed by atoms with E-state index in [1.54, 1.807) is 17.7 Å². The van der Waals surface area contributed by atoms with Gasteiger partial charge in [-0.2, -0.15) is 0 Å². The molecule has 1 aromatic heterocycles. The quantitative estimate of drug-likeness (QED) is 0.796. The molecule has 0 aliphatic carbocycles. The van der Waals surface area contributed by atoms with Crippen LogP contribution in [-0.4, -0.2) is 38.8 Å². The van der Waals surface area contributed by atoms with Crippen LogP contribution in [0.2, 0.25) is 0 Å². The average Bonchev–Trinajstić information content (AvgIpc) is 2.52. The second-order valence-corrected chi connectivity index (χ2v) is 5.32. The molecule has 96 valence electrons. The third kappa shape index (κ3) is 2.85. The summed E-state index contributed by atoms with van der Waals surface area (Å²) < 4.78 is 17.5. The van der Waals surface area contributed by atoms with Crippen LogP contribution in [0.4, 0.5) is 5.82 Å². The summed E-state index contributed by atoms with van der Waals surface area (Å²) >= 11 is 0. The van der Waals surface area contributed by atoms with Crippen molar-refractivity contribution in [2.24, 2.45) is 0 Å². The monoisotopic (exact) mass is 259 g/mol. The van der Waals surface area contributed by atoms with E-state index < -0.39 is 16.8 Å². The Labute approximate surface area is 103 Å². The molecular formula is C10H17N3O3S. The molecule has 0 amide bonds. The highest BCUT2D eigenvalue weighted by molar-refractivity contribution is 7.84. The molecule has 0 aromatic carbocycles. The molecular weight excluding hydrogens is 242 g/mol. The largest absolute Gasteiger partial charge is 0.464 e. The lowest BCUT2D eigenvalue weighted by Crippen LogP contribution is -2.17. The minimum atomic E-state index is -0.936. The number of ether oxygens (including phenoxy) is 1. The van der Waals surface area contributed by atoms with E-state index >= 15 is 0 Å². The molecule has 7 heteroatoms. The lowest BCUT2D eigenvalue weighted by molar-refractivity contribution is 0.0595. The van der Waals surface area contributed by atoms with E-state index in [2.05, 4.69) is 9.72 Å². The summed E-state index contributed by atoms with van der Waals surface area (Å²) in [5.74, 6) is 0.768. The van der Waals surface area contributed by atoms with Crippen LogP contribution in [-0.2, 0) is 15.5 Å². The lowest BCUT2D eigenvalue weighted by Gasteiger charge is -2.15. The van der Waals surface area contributed by atoms with Crippen molar-refractivity contribution >= 4 is 22.6 Å². The normalized spacial score (nSPS) is 14.4. The van der Waals surface area contributed by atoms with Crippen LogP contribution in [0, 0.1) is 6.92 Å². The Hall–Kier alpha value is -1.37. The van der Waals surface area contributed by atoms with Gasteiger partial charge in [-0.05, 0) is 13.8 Å². The van der Waals surface area contributed by atoms with Gasteiger partial charge in [0.2, 0.25) is 0 Å². The second-order valence-electron chi connectivity index (χ2n) is 3.84. The Morgan fingerprint density at radius 3 is 2.71 bits per heavy atom. The van der Waals surface area contributed by atoms with Crippen molar-refractivity contribution in [3.63, 3.8) is 0 Å². The molecule has 0 saturated heterocycles. The number of hydrogen-bond donors (Lipinski definition) is 1. The molecule has 2 atom stereocenters. The highest BCUT2D eigenvalue weighted by Gasteiger charge is 2.22. The zero-order valence-electron chi connectivity index (χ0n) is 10.4. The van der Waals surface area contributed by atoms with E-state index in [0.29, 0.717) is 11.6 Å². The second kappa shape index (κ2) is 5.31. The lowest BCUT2D eigenvalue weighted by atomic mass is 10.3. The molecule has 1 aromatic rings. The molecule has 17 heavy (non-hydrogen) atoms. The summed E-state index contributed by atoms with van der Waals surface area (Å²) in [5.41, 5.74) is 5.97. The van der Waals surface area contributed by atoms with Gasteiger partial charge in [-0.15, -0.1) is 0 Å². The van der Waals surface area contributed by atoms with Crippen molar-refractivity contribution in [3.8, 4) is 0 Å². The Bertz CT molecular complexity index is 456. The Balaban J connectivity index is 3.13. The SMILES string of the molecule is COC(=O)c1nc(C)n(C(C)CS(C)=O)c1N. The number of methoxy groups -OCH3 is 1. The molecule has 2 unspecified atom stereocenters. The van der Waals surface area contributed by atoms with Gasteiger partial charge in [-0.3, -0.25) is 4.21 Å². The van der Waals surface area contributed by atoms with Gasteiger partial charge < -0.3 is 15.0 Å². The minimum absolute atomic E-state index is 0.0771. The number of hydrogen-bond acceptors (Lipinski definition) is 5. The van der Waals surface area contributed by atoms with Crippen molar-refractivity contribution in [1.29, 1.82) is 0 Å². The summed E-state index contributed by atoms with van der Waals surface area (Å²) in [6, 6.07) is -0.0771. The predicted molar refractivity (Wildman–Crippen MR) is 66.4 cm³/mol. The number of carbonyl (C=O) groups is 1. The van der Waals surface area contributed by atoms with Gasteiger partial charge >= 0.3 is 5.97 Å². The van der Waals surface area contributed by atoms with Crippen molar-refractivity contribution in [2.45, 2.75) is 19.9 Å². The van der Waals surface area contributed by atoms with E-state index in [-0.39, 0.29) is 17.6 Å². The molecule has 0 aliphatic rings. The molecule has 0 saturated carbocycles. The van der Waals surface area contributed by atoms with Gasteiger partial charge in [0.25, 0.3) is 0 Å². The smallest absolute Gasteiger partial charge is 0.360 e. The fourth-order valence-electron chi connectivity index (χ4n) is 1.78. The van der Waals surface area contributed by atoms with E-state index in [4.69, 9.17) is 5.73 Å². The highest BCUT2D eigenvalue weighted by Crippen LogP contribution is 2.21. The molecule has 0 spiro atoms. The summed E-state index contributed by atoms with van der Waals surface area (Å²) in [6.45, 7) is 3.63. The van der Waals surface area contributed by atoms with Crippen LogP contribution < -0.4 is 5.73 Å². The topological polar surface area (TPSA) is 87.2 Å². The average molecular weight is 259 g/mol. The van der Waals surface area contributed by atoms with Crippen molar-refractivity contribution in [2.75, 3.05) is 24.9 Å². The van der Waals surface area contributed by atoms with E-state index in [9.17, 15) is 9.00 Å². The van der Waals surface area contributed by atoms with Crippen LogP contribution >= 0.6 is 0 Å². The van der Waals surface area contributed by atoms with Crippen molar-refractivity contribution in [3.05, 3.63) is 11.5 Å². The molecule has 2 N–H and O–H groups in total. The van der Waals surface area contributed by atoms with E-state index in [0.717, 1.165) is 0 Å². The number of carbonyl (C=O) groups excluding carboxylic acids is 1. The molecule has 1 rings (SSSR count). The van der Waals surface area contributed by atoms with Crippen LogP contribution in [0.3, 0.4) is 0 Å². The number of esters is 1. The molecule has 0 radical (unpaired) electrons. The Kier molecular flexibility index (Phi) is 4.28. The van der Waals surface area contributed by atoms with Crippen LogP contribution in [0.25, 0.3) is 0 Å². The first-order valence-electron chi connectivity index (χ1n) is 5.11. The molecule has 6 nitrogen and oxygen atoms in total. The van der Waals surface area contributed by atoms with Gasteiger partial charge in [0.1, 0.15) is 11.6 Å². The number of nitrogens with two attached hydrogens (primary N) is 1. The predicted octanol–water partition coefficient (Wildman–Crippen LogP) is 0.500. The number of anilines is 1. The zero-order chi connectivity index (χ0) is 13.2. The molecule has 0 aliphatic heterocycles. The van der Waals surface area contributed by atoms with Gasteiger partial charge in [0.15, 0.2) is 5.69 Å². The first-order valence-corrected chi connectivity index (χ1v) is 6.83. The molecule has 0 bridgehead atoms. The number of rotatable bonds is 4. The van der Waals surface area contributed by atoms with Gasteiger partial charge in [0, 0.05) is 28.9 Å².